The lowest BCUT2D eigenvalue weighted by Crippen LogP contribution is -2.44. The molecule has 0 bridgehead atoms. The van der Waals surface area contributed by atoms with Gasteiger partial charge in [-0.25, -0.2) is 4.79 Å². The topological polar surface area (TPSA) is 64.3 Å². The zero-order chi connectivity index (χ0) is 19.6. The van der Waals surface area contributed by atoms with E-state index in [1.807, 2.05) is 54.6 Å². The zero-order valence-corrected chi connectivity index (χ0v) is 15.9. The Morgan fingerprint density at radius 3 is 2.52 bits per heavy atom. The third-order valence-corrected chi connectivity index (χ3v) is 4.98. The first-order valence-corrected chi connectivity index (χ1v) is 9.11. The second-order valence-corrected chi connectivity index (χ2v) is 7.99. The van der Waals surface area contributed by atoms with E-state index in [9.17, 15) is 15.2 Å². The summed E-state index contributed by atoms with van der Waals surface area (Å²) in [4.78, 5) is 13.3. The standard InChI is InChI=1S/C23H24N2O2/c1-23(2,3)21-20-14-18(10-9-17(20)11-12-25(21)22(26)27)19(15-24)13-16-7-5-4-6-8-16/h4-10,13-14,21H,11-12H2,1-3H3,(H,26,27). The third-order valence-electron chi connectivity index (χ3n) is 4.98. The third kappa shape index (κ3) is 3.88. The van der Waals surface area contributed by atoms with Crippen LogP contribution in [0.1, 0.15) is 49.1 Å². The van der Waals surface area contributed by atoms with Gasteiger partial charge in [0.15, 0.2) is 0 Å². The molecule has 0 radical (unpaired) electrons. The molecule has 4 nitrogen and oxygen atoms in total. The Labute approximate surface area is 160 Å². The maximum atomic E-state index is 11.8. The van der Waals surface area contributed by atoms with Crippen LogP contribution in [0, 0.1) is 16.7 Å². The highest BCUT2D eigenvalue weighted by Gasteiger charge is 2.38. The van der Waals surface area contributed by atoms with Crippen molar-refractivity contribution in [2.24, 2.45) is 5.41 Å². The maximum absolute atomic E-state index is 11.8. The van der Waals surface area contributed by atoms with Crippen molar-refractivity contribution in [1.29, 1.82) is 5.26 Å². The summed E-state index contributed by atoms with van der Waals surface area (Å²) in [5, 5.41) is 19.4. The fourth-order valence-corrected chi connectivity index (χ4v) is 3.82. The largest absolute Gasteiger partial charge is 0.465 e. The fraction of sp³-hybridized carbons (Fsp3) is 0.304. The summed E-state index contributed by atoms with van der Waals surface area (Å²) in [7, 11) is 0. The number of hydrogen-bond donors (Lipinski definition) is 1. The zero-order valence-electron chi connectivity index (χ0n) is 15.9. The van der Waals surface area contributed by atoms with E-state index in [2.05, 4.69) is 26.8 Å². The van der Waals surface area contributed by atoms with Crippen molar-refractivity contribution in [3.05, 3.63) is 70.8 Å². The Kier molecular flexibility index (Phi) is 5.05. The van der Waals surface area contributed by atoms with Crippen LogP contribution in [0.4, 0.5) is 4.79 Å². The van der Waals surface area contributed by atoms with Crippen LogP contribution in [0.3, 0.4) is 0 Å². The van der Waals surface area contributed by atoms with Gasteiger partial charge in [0.25, 0.3) is 0 Å². The van der Waals surface area contributed by atoms with Gasteiger partial charge in [0.2, 0.25) is 0 Å². The second kappa shape index (κ2) is 7.28. The average Bonchev–Trinajstić information content (AvgIpc) is 2.64. The molecule has 1 unspecified atom stereocenters. The molecular formula is C23H24N2O2. The quantitative estimate of drug-likeness (QED) is 0.578. The molecule has 0 aromatic heterocycles. The predicted octanol–water partition coefficient (Wildman–Crippen LogP) is 5.37. The molecule has 0 fully saturated rings. The summed E-state index contributed by atoms with van der Waals surface area (Å²) >= 11 is 0. The lowest BCUT2D eigenvalue weighted by atomic mass is 9.76. The number of fused-ring (bicyclic) bond motifs is 1. The summed E-state index contributed by atoms with van der Waals surface area (Å²) in [5.41, 5.74) is 4.27. The van der Waals surface area contributed by atoms with Crippen molar-refractivity contribution in [2.75, 3.05) is 6.54 Å². The van der Waals surface area contributed by atoms with Gasteiger partial charge < -0.3 is 10.0 Å². The molecule has 27 heavy (non-hydrogen) atoms. The molecule has 4 heteroatoms. The molecule has 0 aliphatic carbocycles. The molecule has 3 rings (SSSR count). The number of nitrogens with zero attached hydrogens (tertiary/aromatic N) is 2. The molecule has 0 saturated carbocycles. The first-order chi connectivity index (χ1) is 12.8. The highest BCUT2D eigenvalue weighted by molar-refractivity contribution is 5.89. The molecule has 1 N–H and O–H groups in total. The Morgan fingerprint density at radius 2 is 1.93 bits per heavy atom. The average molecular weight is 360 g/mol. The van der Waals surface area contributed by atoms with Crippen LogP contribution in [0.15, 0.2) is 48.5 Å². The van der Waals surface area contributed by atoms with Crippen molar-refractivity contribution in [2.45, 2.75) is 33.2 Å². The van der Waals surface area contributed by atoms with Crippen molar-refractivity contribution in [3.8, 4) is 6.07 Å². The molecule has 138 valence electrons. The number of amides is 1. The molecular weight excluding hydrogens is 336 g/mol. The van der Waals surface area contributed by atoms with Crippen molar-refractivity contribution < 1.29 is 9.90 Å². The van der Waals surface area contributed by atoms with Crippen LogP contribution in [-0.4, -0.2) is 22.6 Å². The van der Waals surface area contributed by atoms with E-state index in [1.165, 1.54) is 4.90 Å². The van der Waals surface area contributed by atoms with Gasteiger partial charge >= 0.3 is 6.09 Å². The molecule has 1 aliphatic rings. The highest BCUT2D eigenvalue weighted by atomic mass is 16.4. The minimum Gasteiger partial charge on any atom is -0.465 e. The van der Waals surface area contributed by atoms with Gasteiger partial charge in [0.1, 0.15) is 0 Å². The Hall–Kier alpha value is -3.06. The van der Waals surface area contributed by atoms with Gasteiger partial charge in [-0.3, -0.25) is 0 Å². The summed E-state index contributed by atoms with van der Waals surface area (Å²) in [6.45, 7) is 6.66. The van der Waals surface area contributed by atoms with E-state index in [-0.39, 0.29) is 11.5 Å². The van der Waals surface area contributed by atoms with Crippen LogP contribution in [0.5, 0.6) is 0 Å². The number of benzene rings is 2. The summed E-state index contributed by atoms with van der Waals surface area (Å²) in [6, 6.07) is 17.8. The van der Waals surface area contributed by atoms with E-state index >= 15 is 0 Å². The lowest BCUT2D eigenvalue weighted by Gasteiger charge is -2.43. The molecule has 0 saturated heterocycles. The van der Waals surface area contributed by atoms with Gasteiger partial charge in [0, 0.05) is 6.54 Å². The van der Waals surface area contributed by atoms with E-state index in [0.717, 1.165) is 22.3 Å². The van der Waals surface area contributed by atoms with Crippen LogP contribution in [0.25, 0.3) is 11.6 Å². The Bertz CT molecular complexity index is 918. The number of allylic oxidation sites excluding steroid dienone is 1. The van der Waals surface area contributed by atoms with E-state index in [0.29, 0.717) is 18.5 Å². The molecule has 1 heterocycles. The summed E-state index contributed by atoms with van der Waals surface area (Å²) in [5.74, 6) is 0. The summed E-state index contributed by atoms with van der Waals surface area (Å²) < 4.78 is 0. The second-order valence-electron chi connectivity index (χ2n) is 7.99. The Morgan fingerprint density at radius 1 is 1.22 bits per heavy atom. The molecule has 2 aromatic carbocycles. The SMILES string of the molecule is CC(C)(C)C1c2cc(C(C#N)=Cc3ccccc3)ccc2CCN1C(=O)O. The molecule has 0 spiro atoms. The number of nitriles is 1. The maximum Gasteiger partial charge on any atom is 0.407 e. The predicted molar refractivity (Wildman–Crippen MR) is 107 cm³/mol. The van der Waals surface area contributed by atoms with Gasteiger partial charge in [-0.2, -0.15) is 5.26 Å². The van der Waals surface area contributed by atoms with Crippen molar-refractivity contribution in [3.63, 3.8) is 0 Å². The minimum absolute atomic E-state index is 0.240. The normalized spacial score (nSPS) is 17.2. The van der Waals surface area contributed by atoms with Gasteiger partial charge in [-0.1, -0.05) is 63.2 Å². The van der Waals surface area contributed by atoms with Gasteiger partial charge in [-0.15, -0.1) is 0 Å². The number of carboxylic acid groups (broad SMARTS) is 1. The molecule has 1 atom stereocenters. The van der Waals surface area contributed by atoms with Crippen LogP contribution < -0.4 is 0 Å². The fourth-order valence-electron chi connectivity index (χ4n) is 3.82. The number of rotatable bonds is 2. The van der Waals surface area contributed by atoms with Crippen LogP contribution in [-0.2, 0) is 6.42 Å². The molecule has 1 aliphatic heterocycles. The highest BCUT2D eigenvalue weighted by Crippen LogP contribution is 2.43. The van der Waals surface area contributed by atoms with Gasteiger partial charge in [0.05, 0.1) is 17.7 Å². The van der Waals surface area contributed by atoms with Crippen LogP contribution in [0.2, 0.25) is 0 Å². The smallest absolute Gasteiger partial charge is 0.407 e. The van der Waals surface area contributed by atoms with Gasteiger partial charge in [-0.05, 0) is 46.2 Å². The van der Waals surface area contributed by atoms with Crippen molar-refractivity contribution in [1.82, 2.24) is 4.90 Å². The lowest BCUT2D eigenvalue weighted by molar-refractivity contribution is 0.0759. The minimum atomic E-state index is -0.897. The van der Waals surface area contributed by atoms with E-state index in [1.54, 1.807) is 0 Å². The molecule has 1 amide bonds. The molecule has 2 aromatic rings. The monoisotopic (exact) mass is 360 g/mol. The number of hydrogen-bond acceptors (Lipinski definition) is 2. The van der Waals surface area contributed by atoms with Crippen molar-refractivity contribution >= 4 is 17.7 Å². The van der Waals surface area contributed by atoms with E-state index < -0.39 is 6.09 Å². The van der Waals surface area contributed by atoms with Crippen LogP contribution >= 0.6 is 0 Å². The van der Waals surface area contributed by atoms with E-state index in [4.69, 9.17) is 0 Å². The summed E-state index contributed by atoms with van der Waals surface area (Å²) in [6.07, 6.45) is 1.66. The first kappa shape index (κ1) is 18.7. The number of carbonyl (C=O) groups is 1. The Balaban J connectivity index is 2.10. The first-order valence-electron chi connectivity index (χ1n) is 9.11.